The molecule has 0 bridgehead atoms. The van der Waals surface area contributed by atoms with Crippen molar-refractivity contribution in [3.8, 4) is 5.69 Å². The summed E-state index contributed by atoms with van der Waals surface area (Å²) in [4.78, 5) is 0. The molecule has 0 radical (unpaired) electrons. The number of aromatic nitrogens is 4. The van der Waals surface area contributed by atoms with E-state index in [4.69, 9.17) is 0 Å². The lowest BCUT2D eigenvalue weighted by Gasteiger charge is -2.11. The van der Waals surface area contributed by atoms with Crippen molar-refractivity contribution in [3.63, 3.8) is 0 Å². The number of rotatable bonds is 3. The minimum Gasteiger partial charge on any atom is -0.311 e. The fraction of sp³-hybridized carbons (Fsp3) is 0.364. The van der Waals surface area contributed by atoms with Crippen LogP contribution in [0.25, 0.3) is 5.69 Å². The summed E-state index contributed by atoms with van der Waals surface area (Å²) in [7, 11) is 1.83. The zero-order valence-corrected chi connectivity index (χ0v) is 9.98. The standard InChI is InChI=1S/C11H14FN5/c1-7-6-9(12)4-5-10(7)17-11(8(2)13-3)14-15-16-17/h4-6,8,13H,1-3H3. The third-order valence-electron chi connectivity index (χ3n) is 2.70. The van der Waals surface area contributed by atoms with Gasteiger partial charge >= 0.3 is 0 Å². The Balaban J connectivity index is 2.50. The molecule has 0 saturated carbocycles. The normalized spacial score (nSPS) is 12.7. The maximum absolute atomic E-state index is 13.0. The average molecular weight is 235 g/mol. The van der Waals surface area contributed by atoms with Gasteiger partial charge in [0.05, 0.1) is 11.7 Å². The highest BCUT2D eigenvalue weighted by atomic mass is 19.1. The molecular weight excluding hydrogens is 221 g/mol. The maximum atomic E-state index is 13.0. The number of hydrogen-bond acceptors (Lipinski definition) is 4. The van der Waals surface area contributed by atoms with Crippen LogP contribution in [0.2, 0.25) is 0 Å². The van der Waals surface area contributed by atoms with Crippen LogP contribution in [0, 0.1) is 12.7 Å². The van der Waals surface area contributed by atoms with Crippen LogP contribution in [-0.2, 0) is 0 Å². The molecule has 1 heterocycles. The van der Waals surface area contributed by atoms with E-state index >= 15 is 0 Å². The smallest absolute Gasteiger partial charge is 0.173 e. The molecule has 5 nitrogen and oxygen atoms in total. The monoisotopic (exact) mass is 235 g/mol. The van der Waals surface area contributed by atoms with Crippen molar-refractivity contribution in [2.45, 2.75) is 19.9 Å². The van der Waals surface area contributed by atoms with Gasteiger partial charge in [0.25, 0.3) is 0 Å². The van der Waals surface area contributed by atoms with Crippen LogP contribution in [0.4, 0.5) is 4.39 Å². The first-order valence-corrected chi connectivity index (χ1v) is 5.35. The van der Waals surface area contributed by atoms with Gasteiger partial charge in [-0.05, 0) is 55.1 Å². The van der Waals surface area contributed by atoms with Gasteiger partial charge < -0.3 is 5.32 Å². The number of hydrogen-bond donors (Lipinski definition) is 1. The Morgan fingerprint density at radius 1 is 1.41 bits per heavy atom. The summed E-state index contributed by atoms with van der Waals surface area (Å²) in [6.45, 7) is 3.79. The number of aryl methyl sites for hydroxylation is 1. The van der Waals surface area contributed by atoms with Crippen molar-refractivity contribution in [3.05, 3.63) is 35.4 Å². The highest BCUT2D eigenvalue weighted by molar-refractivity contribution is 5.40. The van der Waals surface area contributed by atoms with E-state index in [2.05, 4.69) is 20.8 Å². The first kappa shape index (κ1) is 11.7. The molecule has 1 unspecified atom stereocenters. The molecule has 1 aromatic carbocycles. The summed E-state index contributed by atoms with van der Waals surface area (Å²) in [5, 5.41) is 14.6. The summed E-state index contributed by atoms with van der Waals surface area (Å²) in [6.07, 6.45) is 0. The van der Waals surface area contributed by atoms with Crippen molar-refractivity contribution >= 4 is 0 Å². The molecule has 0 aliphatic rings. The maximum Gasteiger partial charge on any atom is 0.173 e. The second kappa shape index (κ2) is 4.58. The van der Waals surface area contributed by atoms with Crippen LogP contribution in [0.5, 0.6) is 0 Å². The van der Waals surface area contributed by atoms with Gasteiger partial charge in [-0.3, -0.25) is 0 Å². The minimum absolute atomic E-state index is 0.0226. The molecule has 6 heteroatoms. The van der Waals surface area contributed by atoms with Crippen molar-refractivity contribution in [1.82, 2.24) is 25.5 Å². The molecule has 90 valence electrons. The van der Waals surface area contributed by atoms with Crippen molar-refractivity contribution in [2.24, 2.45) is 0 Å². The Morgan fingerprint density at radius 2 is 2.18 bits per heavy atom. The lowest BCUT2D eigenvalue weighted by molar-refractivity contribution is 0.586. The zero-order chi connectivity index (χ0) is 12.4. The lowest BCUT2D eigenvalue weighted by Crippen LogP contribution is -2.18. The van der Waals surface area contributed by atoms with E-state index in [-0.39, 0.29) is 11.9 Å². The highest BCUT2D eigenvalue weighted by Gasteiger charge is 2.15. The van der Waals surface area contributed by atoms with Crippen molar-refractivity contribution < 1.29 is 4.39 Å². The summed E-state index contributed by atoms with van der Waals surface area (Å²) < 4.78 is 14.7. The second-order valence-corrected chi connectivity index (χ2v) is 3.89. The Hall–Kier alpha value is -1.82. The predicted octanol–water partition coefficient (Wildman–Crippen LogP) is 1.39. The topological polar surface area (TPSA) is 55.6 Å². The van der Waals surface area contributed by atoms with Gasteiger partial charge in [-0.25, -0.2) is 4.39 Å². The molecule has 2 rings (SSSR count). The molecule has 0 aliphatic carbocycles. The van der Waals surface area contributed by atoms with E-state index in [0.29, 0.717) is 5.82 Å². The number of tetrazole rings is 1. The molecule has 0 amide bonds. The first-order valence-electron chi connectivity index (χ1n) is 5.35. The quantitative estimate of drug-likeness (QED) is 0.873. The lowest BCUT2D eigenvalue weighted by atomic mass is 10.2. The molecule has 0 spiro atoms. The number of nitrogens with one attached hydrogen (secondary N) is 1. The molecule has 0 saturated heterocycles. The van der Waals surface area contributed by atoms with Crippen LogP contribution in [-0.4, -0.2) is 27.3 Å². The third kappa shape index (κ3) is 2.16. The summed E-state index contributed by atoms with van der Waals surface area (Å²) in [5.74, 6) is 0.435. The zero-order valence-electron chi connectivity index (χ0n) is 9.98. The van der Waals surface area contributed by atoms with E-state index in [1.54, 1.807) is 10.7 Å². The Morgan fingerprint density at radius 3 is 2.82 bits per heavy atom. The largest absolute Gasteiger partial charge is 0.311 e. The average Bonchev–Trinajstić information content (AvgIpc) is 2.77. The minimum atomic E-state index is -0.262. The van der Waals surface area contributed by atoms with Gasteiger partial charge in [0.2, 0.25) is 0 Å². The summed E-state index contributed by atoms with van der Waals surface area (Å²) >= 11 is 0. The van der Waals surface area contributed by atoms with Gasteiger partial charge in [-0.15, -0.1) is 5.10 Å². The van der Waals surface area contributed by atoms with Gasteiger partial charge in [-0.1, -0.05) is 0 Å². The predicted molar refractivity (Wildman–Crippen MR) is 61.3 cm³/mol. The number of nitrogens with zero attached hydrogens (tertiary/aromatic N) is 4. The number of halogens is 1. The molecule has 1 atom stereocenters. The fourth-order valence-electron chi connectivity index (χ4n) is 1.62. The third-order valence-corrected chi connectivity index (χ3v) is 2.70. The summed E-state index contributed by atoms with van der Waals surface area (Å²) in [5.41, 5.74) is 1.58. The van der Waals surface area contributed by atoms with Gasteiger partial charge in [0.15, 0.2) is 5.82 Å². The summed E-state index contributed by atoms with van der Waals surface area (Å²) in [6, 6.07) is 4.56. The van der Waals surface area contributed by atoms with Gasteiger partial charge in [-0.2, -0.15) is 4.68 Å². The van der Waals surface area contributed by atoms with Crippen molar-refractivity contribution in [1.29, 1.82) is 0 Å². The molecule has 0 aliphatic heterocycles. The number of benzene rings is 1. The molecule has 0 fully saturated rings. The Bertz CT molecular complexity index is 522. The van der Waals surface area contributed by atoms with Crippen LogP contribution in [0.1, 0.15) is 24.4 Å². The second-order valence-electron chi connectivity index (χ2n) is 3.89. The van der Waals surface area contributed by atoms with Crippen LogP contribution in [0.15, 0.2) is 18.2 Å². The Labute approximate surface area is 98.6 Å². The SMILES string of the molecule is CNC(C)c1nnnn1-c1ccc(F)cc1C. The molecule has 1 aromatic heterocycles. The van der Waals surface area contributed by atoms with Crippen LogP contribution in [0.3, 0.4) is 0 Å². The van der Waals surface area contributed by atoms with Gasteiger partial charge in [0.1, 0.15) is 5.82 Å². The van der Waals surface area contributed by atoms with Crippen molar-refractivity contribution in [2.75, 3.05) is 7.05 Å². The van der Waals surface area contributed by atoms with E-state index in [1.807, 2.05) is 20.9 Å². The molecular formula is C11H14FN5. The van der Waals surface area contributed by atoms with Crippen LogP contribution < -0.4 is 5.32 Å². The Kier molecular flexibility index (Phi) is 3.14. The molecule has 1 N–H and O–H groups in total. The van der Waals surface area contributed by atoms with E-state index < -0.39 is 0 Å². The van der Waals surface area contributed by atoms with Gasteiger partial charge in [0, 0.05) is 0 Å². The fourth-order valence-corrected chi connectivity index (χ4v) is 1.62. The van der Waals surface area contributed by atoms with E-state index in [9.17, 15) is 4.39 Å². The van der Waals surface area contributed by atoms with E-state index in [1.165, 1.54) is 12.1 Å². The molecule has 17 heavy (non-hydrogen) atoms. The van der Waals surface area contributed by atoms with E-state index in [0.717, 1.165) is 11.3 Å². The first-order chi connectivity index (χ1) is 8.13. The highest BCUT2D eigenvalue weighted by Crippen LogP contribution is 2.18. The van der Waals surface area contributed by atoms with Crippen LogP contribution >= 0.6 is 0 Å². The molecule has 2 aromatic rings.